The van der Waals surface area contributed by atoms with E-state index in [1.807, 2.05) is 18.2 Å². The van der Waals surface area contributed by atoms with Gasteiger partial charge >= 0.3 is 5.97 Å². The van der Waals surface area contributed by atoms with Gasteiger partial charge in [-0.05, 0) is 12.1 Å². The molecule has 0 unspecified atom stereocenters. The van der Waals surface area contributed by atoms with Crippen molar-refractivity contribution >= 4 is 44.9 Å². The zero-order valence-electron chi connectivity index (χ0n) is 12.4. The van der Waals surface area contributed by atoms with Crippen molar-refractivity contribution in [1.29, 1.82) is 0 Å². The van der Waals surface area contributed by atoms with Crippen LogP contribution in [0.4, 0.5) is 4.39 Å². The van der Waals surface area contributed by atoms with Crippen molar-refractivity contribution in [2.45, 2.75) is 13.0 Å². The van der Waals surface area contributed by atoms with E-state index in [1.54, 1.807) is 18.2 Å². The van der Waals surface area contributed by atoms with Crippen molar-refractivity contribution in [2.75, 3.05) is 0 Å². The first kappa shape index (κ1) is 16.7. The molecular weight excluding hydrogens is 395 g/mol. The minimum absolute atomic E-state index is 0.134. The molecule has 24 heavy (non-hydrogen) atoms. The molecule has 1 heterocycles. The maximum atomic E-state index is 14.1. The lowest BCUT2D eigenvalue weighted by Gasteiger charge is -2.12. The molecule has 1 aromatic heterocycles. The molecular formula is C17H12BrFN2O2S. The Balaban J connectivity index is 2.15. The zero-order valence-corrected chi connectivity index (χ0v) is 14.8. The van der Waals surface area contributed by atoms with Crippen LogP contribution in [0.5, 0.6) is 0 Å². The number of carboxylic acid groups (broad SMARTS) is 1. The van der Waals surface area contributed by atoms with Gasteiger partial charge in [0.25, 0.3) is 0 Å². The Labute approximate surface area is 150 Å². The van der Waals surface area contributed by atoms with Crippen molar-refractivity contribution < 1.29 is 14.3 Å². The van der Waals surface area contributed by atoms with Crippen molar-refractivity contribution in [3.05, 3.63) is 68.7 Å². The van der Waals surface area contributed by atoms with Crippen LogP contribution in [0.25, 0.3) is 10.8 Å². The third-order valence-electron chi connectivity index (χ3n) is 3.60. The average Bonchev–Trinajstić information content (AvgIpc) is 2.54. The van der Waals surface area contributed by atoms with Crippen LogP contribution < -0.4 is 0 Å². The smallest absolute Gasteiger partial charge is 0.309 e. The lowest BCUT2D eigenvalue weighted by atomic mass is 10.1. The molecule has 0 aliphatic carbocycles. The van der Waals surface area contributed by atoms with E-state index in [2.05, 4.69) is 21.0 Å². The summed E-state index contributed by atoms with van der Waals surface area (Å²) in [5.74, 6) is -1.35. The van der Waals surface area contributed by atoms with E-state index >= 15 is 0 Å². The highest BCUT2D eigenvalue weighted by Crippen LogP contribution is 2.21. The molecule has 7 heteroatoms. The number of carboxylic acids is 1. The summed E-state index contributed by atoms with van der Waals surface area (Å²) < 4.78 is 16.7. The first-order valence-corrected chi connectivity index (χ1v) is 8.30. The molecule has 0 atom stereocenters. The average molecular weight is 407 g/mol. The molecule has 0 bridgehead atoms. The molecule has 4 nitrogen and oxygen atoms in total. The van der Waals surface area contributed by atoms with Gasteiger partial charge < -0.3 is 5.11 Å². The summed E-state index contributed by atoms with van der Waals surface area (Å²) in [6.45, 7) is 0.134. The normalized spacial score (nSPS) is 10.9. The molecule has 122 valence electrons. The summed E-state index contributed by atoms with van der Waals surface area (Å²) in [4.78, 5) is 11.1. The second kappa shape index (κ2) is 6.78. The van der Waals surface area contributed by atoms with E-state index in [-0.39, 0.29) is 18.8 Å². The van der Waals surface area contributed by atoms with Gasteiger partial charge in [0.05, 0.1) is 18.7 Å². The van der Waals surface area contributed by atoms with Gasteiger partial charge in [-0.2, -0.15) is 5.10 Å². The molecule has 3 aromatic rings. The van der Waals surface area contributed by atoms with E-state index in [1.165, 1.54) is 10.7 Å². The number of hydrogen-bond acceptors (Lipinski definition) is 3. The van der Waals surface area contributed by atoms with Crippen LogP contribution in [0, 0.1) is 10.5 Å². The molecule has 0 spiro atoms. The summed E-state index contributed by atoms with van der Waals surface area (Å²) in [5, 5.41) is 14.9. The molecule has 2 aromatic carbocycles. The maximum absolute atomic E-state index is 14.1. The predicted octanol–water partition coefficient (Wildman–Crippen LogP) is 4.34. The number of hydrogen-bond donors (Lipinski definition) is 1. The van der Waals surface area contributed by atoms with Gasteiger partial charge in [0.2, 0.25) is 0 Å². The van der Waals surface area contributed by atoms with E-state index in [9.17, 15) is 9.18 Å². The van der Waals surface area contributed by atoms with Gasteiger partial charge in [-0.1, -0.05) is 58.5 Å². The Morgan fingerprint density at radius 2 is 1.96 bits per heavy atom. The van der Waals surface area contributed by atoms with Gasteiger partial charge in [-0.3, -0.25) is 4.79 Å². The fraction of sp³-hybridized carbons (Fsp3) is 0.118. The topological polar surface area (TPSA) is 55.1 Å². The first-order chi connectivity index (χ1) is 11.5. The van der Waals surface area contributed by atoms with E-state index in [0.717, 1.165) is 5.39 Å². The molecule has 0 aliphatic heterocycles. The Morgan fingerprint density at radius 1 is 1.25 bits per heavy atom. The highest BCUT2D eigenvalue weighted by atomic mass is 79.9. The van der Waals surface area contributed by atoms with Gasteiger partial charge in [0, 0.05) is 20.8 Å². The summed E-state index contributed by atoms with van der Waals surface area (Å²) in [7, 11) is 0. The molecule has 0 amide bonds. The first-order valence-electron chi connectivity index (χ1n) is 7.10. The van der Waals surface area contributed by atoms with Crippen LogP contribution in [-0.4, -0.2) is 20.9 Å². The summed E-state index contributed by atoms with van der Waals surface area (Å²) in [6.07, 6.45) is -0.223. The molecule has 3 rings (SSSR count). The summed E-state index contributed by atoms with van der Waals surface area (Å²) >= 11 is 8.68. The summed E-state index contributed by atoms with van der Waals surface area (Å²) in [5.41, 5.74) is 0.836. The Bertz CT molecular complexity index is 1000. The zero-order chi connectivity index (χ0) is 17.3. The number of aliphatic carboxylic acids is 1. The van der Waals surface area contributed by atoms with E-state index in [0.29, 0.717) is 25.8 Å². The lowest BCUT2D eigenvalue weighted by Crippen LogP contribution is -2.13. The third-order valence-corrected chi connectivity index (χ3v) is 4.52. The SMILES string of the molecule is O=C(O)Cc1nn(Cc2ccc(Br)cc2F)c(=S)c2ccccc12. The van der Waals surface area contributed by atoms with Crippen molar-refractivity contribution in [3.63, 3.8) is 0 Å². The van der Waals surface area contributed by atoms with E-state index in [4.69, 9.17) is 17.3 Å². The van der Waals surface area contributed by atoms with Gasteiger partial charge in [0.1, 0.15) is 10.5 Å². The number of aromatic nitrogens is 2. The minimum atomic E-state index is -0.980. The van der Waals surface area contributed by atoms with Crippen LogP contribution in [0.1, 0.15) is 11.3 Å². The van der Waals surface area contributed by atoms with Crippen molar-refractivity contribution in [1.82, 2.24) is 9.78 Å². The minimum Gasteiger partial charge on any atom is -0.481 e. The molecule has 0 saturated heterocycles. The lowest BCUT2D eigenvalue weighted by molar-refractivity contribution is -0.136. The molecule has 0 saturated carbocycles. The number of benzene rings is 2. The van der Waals surface area contributed by atoms with Crippen LogP contribution in [0.3, 0.4) is 0 Å². The fourth-order valence-electron chi connectivity index (χ4n) is 2.50. The highest BCUT2D eigenvalue weighted by molar-refractivity contribution is 9.10. The van der Waals surface area contributed by atoms with Gasteiger partial charge in [0.15, 0.2) is 0 Å². The van der Waals surface area contributed by atoms with Crippen LogP contribution in [0.2, 0.25) is 0 Å². The Morgan fingerprint density at radius 3 is 2.62 bits per heavy atom. The molecule has 1 N–H and O–H groups in total. The highest BCUT2D eigenvalue weighted by Gasteiger charge is 2.12. The number of nitrogens with zero attached hydrogens (tertiary/aromatic N) is 2. The monoisotopic (exact) mass is 406 g/mol. The summed E-state index contributed by atoms with van der Waals surface area (Å²) in [6, 6.07) is 12.0. The van der Waals surface area contributed by atoms with Crippen LogP contribution >= 0.6 is 28.1 Å². The predicted molar refractivity (Wildman–Crippen MR) is 95.1 cm³/mol. The number of rotatable bonds is 4. The largest absolute Gasteiger partial charge is 0.481 e. The van der Waals surface area contributed by atoms with Crippen LogP contribution in [-0.2, 0) is 17.8 Å². The van der Waals surface area contributed by atoms with E-state index < -0.39 is 5.97 Å². The van der Waals surface area contributed by atoms with Crippen molar-refractivity contribution in [3.8, 4) is 0 Å². The second-order valence-electron chi connectivity index (χ2n) is 5.26. The maximum Gasteiger partial charge on any atom is 0.309 e. The number of carbonyl (C=O) groups is 1. The molecule has 0 aliphatic rings. The number of halogens is 2. The fourth-order valence-corrected chi connectivity index (χ4v) is 3.11. The molecule has 0 fully saturated rings. The standard InChI is InChI=1S/C17H12BrFN2O2S/c18-11-6-5-10(14(19)7-11)9-21-17(24)13-4-2-1-3-12(13)15(20-21)8-16(22)23/h1-7H,8-9H2,(H,22,23). The quantitative estimate of drug-likeness (QED) is 0.654. The van der Waals surface area contributed by atoms with Crippen molar-refractivity contribution in [2.24, 2.45) is 0 Å². The Hall–Kier alpha value is -2.12. The molecule has 0 radical (unpaired) electrons. The van der Waals surface area contributed by atoms with Crippen LogP contribution in [0.15, 0.2) is 46.9 Å². The second-order valence-corrected chi connectivity index (χ2v) is 6.56. The van der Waals surface area contributed by atoms with Gasteiger partial charge in [-0.25, -0.2) is 9.07 Å². The van der Waals surface area contributed by atoms with Gasteiger partial charge in [-0.15, -0.1) is 0 Å². The Kier molecular flexibility index (Phi) is 4.73. The number of fused-ring (bicyclic) bond motifs is 1. The third kappa shape index (κ3) is 3.37.